The molecule has 0 bridgehead atoms. The highest BCUT2D eigenvalue weighted by Crippen LogP contribution is 2.27. The summed E-state index contributed by atoms with van der Waals surface area (Å²) in [5.74, 6) is 0. The van der Waals surface area contributed by atoms with E-state index < -0.39 is 14.9 Å². The summed E-state index contributed by atoms with van der Waals surface area (Å²) in [5, 5.41) is 22.6. The van der Waals surface area contributed by atoms with Crippen LogP contribution in [-0.4, -0.2) is 37.6 Å². The van der Waals surface area contributed by atoms with Gasteiger partial charge in [0.05, 0.1) is 9.82 Å². The van der Waals surface area contributed by atoms with Crippen LogP contribution in [0.25, 0.3) is 0 Å². The van der Waals surface area contributed by atoms with E-state index in [9.17, 15) is 18.5 Å². The monoisotopic (exact) mass is 317 g/mol. The number of anilines is 1. The first kappa shape index (κ1) is 17.3. The first-order valence-electron chi connectivity index (χ1n) is 6.43. The van der Waals surface area contributed by atoms with Crippen molar-refractivity contribution >= 4 is 21.4 Å². The van der Waals surface area contributed by atoms with Gasteiger partial charge in [-0.3, -0.25) is 10.1 Å². The molecular formula is C12H19N3O5S. The van der Waals surface area contributed by atoms with E-state index in [0.717, 1.165) is 6.07 Å². The van der Waals surface area contributed by atoms with Crippen LogP contribution in [0, 0.1) is 10.1 Å². The number of nitrogens with one attached hydrogen (secondary N) is 2. The highest BCUT2D eigenvalue weighted by molar-refractivity contribution is 7.89. The number of nitro groups is 1. The zero-order chi connectivity index (χ0) is 16.0. The first-order chi connectivity index (χ1) is 9.77. The summed E-state index contributed by atoms with van der Waals surface area (Å²) in [6, 6.07) is 3.37. The number of aliphatic hydroxyl groups excluding tert-OH is 1. The van der Waals surface area contributed by atoms with E-state index in [1.54, 1.807) is 13.8 Å². The molecule has 1 rings (SSSR count). The summed E-state index contributed by atoms with van der Waals surface area (Å²) in [7, 11) is -3.78. The Hall–Kier alpha value is -1.71. The Morgan fingerprint density at radius 1 is 1.38 bits per heavy atom. The molecule has 0 spiro atoms. The fraction of sp³-hybridized carbons (Fsp3) is 0.500. The zero-order valence-electron chi connectivity index (χ0n) is 11.9. The lowest BCUT2D eigenvalue weighted by molar-refractivity contribution is -0.384. The molecule has 118 valence electrons. The fourth-order valence-corrected chi connectivity index (χ4v) is 2.93. The molecule has 0 fully saturated rings. The average Bonchev–Trinajstić information content (AvgIpc) is 2.37. The minimum atomic E-state index is -3.78. The molecule has 0 unspecified atom stereocenters. The minimum Gasteiger partial charge on any atom is -0.396 e. The Balaban J connectivity index is 3.11. The second-order valence-corrected chi connectivity index (χ2v) is 6.43. The standard InChI is InChI=1S/C12H19N3O5S/c1-9(2)14-21(19,20)10-4-5-11(13-6-3-7-16)12(8-10)15(17)18/h4-5,8-9,13-14,16H,3,6-7H2,1-2H3. The molecule has 0 heterocycles. The van der Waals surface area contributed by atoms with Crippen molar-refractivity contribution in [3.8, 4) is 0 Å². The van der Waals surface area contributed by atoms with Crippen LogP contribution in [0.2, 0.25) is 0 Å². The molecular weight excluding hydrogens is 298 g/mol. The van der Waals surface area contributed by atoms with Crippen LogP contribution in [0.1, 0.15) is 20.3 Å². The van der Waals surface area contributed by atoms with Crippen molar-refractivity contribution in [3.63, 3.8) is 0 Å². The normalized spacial score (nSPS) is 11.6. The maximum absolute atomic E-state index is 12.0. The lowest BCUT2D eigenvalue weighted by atomic mass is 10.2. The molecule has 0 saturated carbocycles. The van der Waals surface area contributed by atoms with E-state index in [2.05, 4.69) is 10.0 Å². The van der Waals surface area contributed by atoms with E-state index in [1.807, 2.05) is 0 Å². The van der Waals surface area contributed by atoms with Crippen LogP contribution in [-0.2, 0) is 10.0 Å². The predicted octanol–water partition coefficient (Wildman–Crippen LogP) is 1.08. The molecule has 0 radical (unpaired) electrons. The fourth-order valence-electron chi connectivity index (χ4n) is 1.66. The van der Waals surface area contributed by atoms with Gasteiger partial charge in [-0.05, 0) is 32.4 Å². The molecule has 0 aliphatic carbocycles. The first-order valence-corrected chi connectivity index (χ1v) is 7.91. The van der Waals surface area contributed by atoms with Crippen molar-refractivity contribution in [2.75, 3.05) is 18.5 Å². The number of benzene rings is 1. The Kier molecular flexibility index (Phi) is 6.06. The van der Waals surface area contributed by atoms with Crippen LogP contribution in [0.3, 0.4) is 0 Å². The Morgan fingerprint density at radius 3 is 2.57 bits per heavy atom. The maximum atomic E-state index is 12.0. The van der Waals surface area contributed by atoms with Gasteiger partial charge in [-0.15, -0.1) is 0 Å². The van der Waals surface area contributed by atoms with Gasteiger partial charge in [-0.25, -0.2) is 13.1 Å². The number of aliphatic hydroxyl groups is 1. The van der Waals surface area contributed by atoms with Gasteiger partial charge in [-0.2, -0.15) is 0 Å². The lowest BCUT2D eigenvalue weighted by Gasteiger charge is -2.11. The Labute approximate surface area is 123 Å². The largest absolute Gasteiger partial charge is 0.396 e. The summed E-state index contributed by atoms with van der Waals surface area (Å²) in [5.41, 5.74) is -0.100. The van der Waals surface area contributed by atoms with Crippen LogP contribution in [0.4, 0.5) is 11.4 Å². The molecule has 0 aromatic heterocycles. The van der Waals surface area contributed by atoms with Gasteiger partial charge in [0, 0.05) is 25.3 Å². The predicted molar refractivity (Wildman–Crippen MR) is 78.7 cm³/mol. The quantitative estimate of drug-likeness (QED) is 0.374. The highest BCUT2D eigenvalue weighted by atomic mass is 32.2. The van der Waals surface area contributed by atoms with Gasteiger partial charge >= 0.3 is 0 Å². The molecule has 8 nitrogen and oxygen atoms in total. The molecule has 1 aromatic rings. The van der Waals surface area contributed by atoms with Gasteiger partial charge in [-0.1, -0.05) is 0 Å². The van der Waals surface area contributed by atoms with E-state index in [0.29, 0.717) is 13.0 Å². The van der Waals surface area contributed by atoms with Crippen LogP contribution >= 0.6 is 0 Å². The van der Waals surface area contributed by atoms with Crippen molar-refractivity contribution in [2.45, 2.75) is 31.2 Å². The topological polar surface area (TPSA) is 122 Å². The number of hydrogen-bond donors (Lipinski definition) is 3. The van der Waals surface area contributed by atoms with Crippen LogP contribution < -0.4 is 10.0 Å². The molecule has 0 atom stereocenters. The van der Waals surface area contributed by atoms with Gasteiger partial charge in [0.2, 0.25) is 10.0 Å². The van der Waals surface area contributed by atoms with Gasteiger partial charge < -0.3 is 10.4 Å². The number of rotatable bonds is 8. The highest BCUT2D eigenvalue weighted by Gasteiger charge is 2.21. The van der Waals surface area contributed by atoms with Crippen molar-refractivity contribution in [1.82, 2.24) is 4.72 Å². The van der Waals surface area contributed by atoms with Crippen molar-refractivity contribution in [1.29, 1.82) is 0 Å². The molecule has 3 N–H and O–H groups in total. The molecule has 0 saturated heterocycles. The molecule has 9 heteroatoms. The number of sulfonamides is 1. The Morgan fingerprint density at radius 2 is 2.05 bits per heavy atom. The third kappa shape index (κ3) is 4.96. The van der Waals surface area contributed by atoms with Gasteiger partial charge in [0.15, 0.2) is 0 Å². The zero-order valence-corrected chi connectivity index (χ0v) is 12.7. The summed E-state index contributed by atoms with van der Waals surface area (Å²) in [6.45, 7) is 3.65. The summed E-state index contributed by atoms with van der Waals surface area (Å²) >= 11 is 0. The average molecular weight is 317 g/mol. The van der Waals surface area contributed by atoms with Crippen LogP contribution in [0.15, 0.2) is 23.1 Å². The number of nitro benzene ring substituents is 1. The lowest BCUT2D eigenvalue weighted by Crippen LogP contribution is -2.30. The number of hydrogen-bond acceptors (Lipinski definition) is 6. The Bertz CT molecular complexity index is 601. The smallest absolute Gasteiger partial charge is 0.293 e. The maximum Gasteiger partial charge on any atom is 0.293 e. The van der Waals surface area contributed by atoms with Crippen molar-refractivity contribution < 1.29 is 18.4 Å². The molecule has 0 aliphatic heterocycles. The molecule has 21 heavy (non-hydrogen) atoms. The summed E-state index contributed by atoms with van der Waals surface area (Å²) in [6.07, 6.45) is 0.437. The van der Waals surface area contributed by atoms with Crippen molar-refractivity contribution in [3.05, 3.63) is 28.3 Å². The third-order valence-corrected chi connectivity index (χ3v) is 4.17. The van der Waals surface area contributed by atoms with E-state index in [4.69, 9.17) is 5.11 Å². The van der Waals surface area contributed by atoms with E-state index in [1.165, 1.54) is 12.1 Å². The van der Waals surface area contributed by atoms with Gasteiger partial charge in [0.25, 0.3) is 5.69 Å². The van der Waals surface area contributed by atoms with Crippen LogP contribution in [0.5, 0.6) is 0 Å². The summed E-state index contributed by atoms with van der Waals surface area (Å²) < 4.78 is 26.4. The van der Waals surface area contributed by atoms with E-state index in [-0.39, 0.29) is 28.9 Å². The SMILES string of the molecule is CC(C)NS(=O)(=O)c1ccc(NCCCO)c([N+](=O)[O-])c1. The van der Waals surface area contributed by atoms with E-state index >= 15 is 0 Å². The second-order valence-electron chi connectivity index (χ2n) is 4.72. The molecule has 1 aromatic carbocycles. The van der Waals surface area contributed by atoms with Crippen molar-refractivity contribution in [2.24, 2.45) is 0 Å². The minimum absolute atomic E-state index is 0.0361. The molecule has 0 aliphatic rings. The second kappa shape index (κ2) is 7.34. The summed E-state index contributed by atoms with van der Waals surface area (Å²) in [4.78, 5) is 10.3. The van der Waals surface area contributed by atoms with Gasteiger partial charge in [0.1, 0.15) is 5.69 Å². The number of nitrogens with zero attached hydrogens (tertiary/aromatic N) is 1. The molecule has 0 amide bonds. The third-order valence-electron chi connectivity index (χ3n) is 2.52.